The molecule has 2 nitrogen and oxygen atoms in total. The Morgan fingerprint density at radius 3 is 2.46 bits per heavy atom. The fourth-order valence-corrected chi connectivity index (χ4v) is 1.10. The zero-order chi connectivity index (χ0) is 9.68. The molecule has 0 aliphatic carbocycles. The lowest BCUT2D eigenvalue weighted by atomic mass is 10.1. The topological polar surface area (TPSA) is 32.6 Å². The first-order chi connectivity index (χ1) is 6.24. The van der Waals surface area contributed by atoms with E-state index >= 15 is 0 Å². The smallest absolute Gasteiger partial charge is 0.0627 e. The Bertz CT molecular complexity index is 287. The maximum atomic E-state index is 8.60. The molecule has 0 amide bonds. The first-order valence-electron chi connectivity index (χ1n) is 4.43. The SMILES string of the molecule is CC(=NCCO)c1ccc(C)cc1. The molecule has 1 aromatic carbocycles. The molecule has 1 N–H and O–H groups in total. The normalized spacial score (nSPS) is 11.8. The minimum Gasteiger partial charge on any atom is -0.394 e. The molecule has 0 saturated carbocycles. The number of hydrogen-bond donors (Lipinski definition) is 1. The van der Waals surface area contributed by atoms with Gasteiger partial charge in [-0.1, -0.05) is 29.8 Å². The molecule has 0 atom stereocenters. The molecule has 70 valence electrons. The third kappa shape index (κ3) is 2.99. The van der Waals surface area contributed by atoms with Gasteiger partial charge in [0.2, 0.25) is 0 Å². The van der Waals surface area contributed by atoms with Gasteiger partial charge in [-0.05, 0) is 19.4 Å². The van der Waals surface area contributed by atoms with Crippen LogP contribution < -0.4 is 0 Å². The second-order valence-corrected chi connectivity index (χ2v) is 3.06. The number of aliphatic hydroxyl groups is 1. The molecule has 0 radical (unpaired) electrons. The number of aliphatic hydroxyl groups excluding tert-OH is 1. The summed E-state index contributed by atoms with van der Waals surface area (Å²) in [5, 5.41) is 8.60. The van der Waals surface area contributed by atoms with E-state index in [1.54, 1.807) is 0 Å². The summed E-state index contributed by atoms with van der Waals surface area (Å²) in [6.45, 7) is 4.62. The van der Waals surface area contributed by atoms with E-state index in [1.807, 2.05) is 19.1 Å². The molecule has 0 spiro atoms. The predicted octanol–water partition coefficient (Wildman–Crippen LogP) is 1.80. The molecule has 0 fully saturated rings. The molecule has 0 bridgehead atoms. The highest BCUT2D eigenvalue weighted by Gasteiger charge is 1.94. The third-order valence-corrected chi connectivity index (χ3v) is 1.92. The van der Waals surface area contributed by atoms with E-state index in [1.165, 1.54) is 5.56 Å². The van der Waals surface area contributed by atoms with Crippen molar-refractivity contribution in [2.75, 3.05) is 13.2 Å². The summed E-state index contributed by atoms with van der Waals surface area (Å²) >= 11 is 0. The average Bonchev–Trinajstić information content (AvgIpc) is 2.15. The zero-order valence-electron chi connectivity index (χ0n) is 8.12. The van der Waals surface area contributed by atoms with Crippen molar-refractivity contribution in [3.63, 3.8) is 0 Å². The van der Waals surface area contributed by atoms with E-state index in [0.29, 0.717) is 6.54 Å². The van der Waals surface area contributed by atoms with Crippen LogP contribution in [0.2, 0.25) is 0 Å². The highest BCUT2D eigenvalue weighted by Crippen LogP contribution is 2.04. The maximum Gasteiger partial charge on any atom is 0.0627 e. The van der Waals surface area contributed by atoms with E-state index in [4.69, 9.17) is 5.11 Å². The number of nitrogens with zero attached hydrogens (tertiary/aromatic N) is 1. The quantitative estimate of drug-likeness (QED) is 0.701. The van der Waals surface area contributed by atoms with Crippen molar-refractivity contribution in [3.8, 4) is 0 Å². The van der Waals surface area contributed by atoms with Gasteiger partial charge in [0.1, 0.15) is 0 Å². The van der Waals surface area contributed by atoms with Crippen LogP contribution in [0.25, 0.3) is 0 Å². The van der Waals surface area contributed by atoms with Crippen LogP contribution >= 0.6 is 0 Å². The van der Waals surface area contributed by atoms with E-state index in [-0.39, 0.29) is 6.61 Å². The van der Waals surface area contributed by atoms with Gasteiger partial charge in [0, 0.05) is 5.71 Å². The third-order valence-electron chi connectivity index (χ3n) is 1.92. The summed E-state index contributed by atoms with van der Waals surface area (Å²) < 4.78 is 0. The summed E-state index contributed by atoms with van der Waals surface area (Å²) in [5.41, 5.74) is 3.35. The fourth-order valence-electron chi connectivity index (χ4n) is 1.10. The van der Waals surface area contributed by atoms with Gasteiger partial charge in [0.05, 0.1) is 13.2 Å². The molecule has 0 unspecified atom stereocenters. The van der Waals surface area contributed by atoms with Gasteiger partial charge in [0.15, 0.2) is 0 Å². The summed E-state index contributed by atoms with van der Waals surface area (Å²) in [5.74, 6) is 0. The Kier molecular flexibility index (Phi) is 3.65. The molecular weight excluding hydrogens is 162 g/mol. The van der Waals surface area contributed by atoms with Crippen LogP contribution in [0.3, 0.4) is 0 Å². The summed E-state index contributed by atoms with van der Waals surface area (Å²) in [4.78, 5) is 4.21. The Hall–Kier alpha value is -1.15. The van der Waals surface area contributed by atoms with Crippen molar-refractivity contribution in [2.45, 2.75) is 13.8 Å². The van der Waals surface area contributed by atoms with Gasteiger partial charge in [-0.15, -0.1) is 0 Å². The molecule has 0 aliphatic heterocycles. The van der Waals surface area contributed by atoms with Crippen molar-refractivity contribution in [3.05, 3.63) is 35.4 Å². The van der Waals surface area contributed by atoms with Crippen LogP contribution in [0.5, 0.6) is 0 Å². The molecule has 1 aromatic rings. The van der Waals surface area contributed by atoms with Crippen LogP contribution in [-0.4, -0.2) is 24.0 Å². The standard InChI is InChI=1S/C11H15NO/c1-9-3-5-11(6-4-9)10(2)12-7-8-13/h3-6,13H,7-8H2,1-2H3. The molecule has 0 heterocycles. The molecule has 0 aromatic heterocycles. The predicted molar refractivity (Wildman–Crippen MR) is 55.3 cm³/mol. The van der Waals surface area contributed by atoms with Gasteiger partial charge in [-0.3, -0.25) is 4.99 Å². The Morgan fingerprint density at radius 1 is 1.31 bits per heavy atom. The lowest BCUT2D eigenvalue weighted by Crippen LogP contribution is -1.98. The zero-order valence-corrected chi connectivity index (χ0v) is 8.12. The van der Waals surface area contributed by atoms with Crippen LogP contribution in [0.15, 0.2) is 29.3 Å². The molecule has 1 rings (SSSR count). The minimum absolute atomic E-state index is 0.114. The van der Waals surface area contributed by atoms with Gasteiger partial charge < -0.3 is 5.11 Å². The first kappa shape index (κ1) is 9.93. The number of benzene rings is 1. The minimum atomic E-state index is 0.114. The van der Waals surface area contributed by atoms with E-state index in [9.17, 15) is 0 Å². The van der Waals surface area contributed by atoms with Gasteiger partial charge in [-0.2, -0.15) is 0 Å². The second kappa shape index (κ2) is 4.77. The lowest BCUT2D eigenvalue weighted by Gasteiger charge is -2.00. The van der Waals surface area contributed by atoms with Crippen molar-refractivity contribution in [2.24, 2.45) is 4.99 Å². The van der Waals surface area contributed by atoms with Crippen LogP contribution in [0, 0.1) is 6.92 Å². The van der Waals surface area contributed by atoms with Gasteiger partial charge in [-0.25, -0.2) is 0 Å². The van der Waals surface area contributed by atoms with Crippen LogP contribution in [0.1, 0.15) is 18.1 Å². The molecule has 13 heavy (non-hydrogen) atoms. The summed E-state index contributed by atoms with van der Waals surface area (Å²) in [7, 11) is 0. The van der Waals surface area contributed by atoms with Crippen molar-refractivity contribution >= 4 is 5.71 Å². The van der Waals surface area contributed by atoms with E-state index in [2.05, 4.69) is 24.0 Å². The average molecular weight is 177 g/mol. The maximum absolute atomic E-state index is 8.60. The van der Waals surface area contributed by atoms with Crippen molar-refractivity contribution in [1.29, 1.82) is 0 Å². The second-order valence-electron chi connectivity index (χ2n) is 3.06. The van der Waals surface area contributed by atoms with E-state index < -0.39 is 0 Å². The molecule has 2 heteroatoms. The van der Waals surface area contributed by atoms with Gasteiger partial charge >= 0.3 is 0 Å². The summed E-state index contributed by atoms with van der Waals surface area (Å²) in [6, 6.07) is 8.22. The van der Waals surface area contributed by atoms with Crippen molar-refractivity contribution in [1.82, 2.24) is 0 Å². The monoisotopic (exact) mass is 177 g/mol. The molecule has 0 saturated heterocycles. The molecular formula is C11H15NO. The Morgan fingerprint density at radius 2 is 1.92 bits per heavy atom. The van der Waals surface area contributed by atoms with E-state index in [0.717, 1.165) is 11.3 Å². The fraction of sp³-hybridized carbons (Fsp3) is 0.364. The number of aliphatic imine (C=N–C) groups is 1. The largest absolute Gasteiger partial charge is 0.394 e. The van der Waals surface area contributed by atoms with Crippen molar-refractivity contribution < 1.29 is 5.11 Å². The van der Waals surface area contributed by atoms with Crippen LogP contribution in [0.4, 0.5) is 0 Å². The lowest BCUT2D eigenvalue weighted by molar-refractivity contribution is 0.307. The number of hydrogen-bond acceptors (Lipinski definition) is 2. The Labute approximate surface area is 78.9 Å². The number of rotatable bonds is 3. The van der Waals surface area contributed by atoms with Crippen LogP contribution in [-0.2, 0) is 0 Å². The molecule has 0 aliphatic rings. The van der Waals surface area contributed by atoms with Gasteiger partial charge in [0.25, 0.3) is 0 Å². The first-order valence-corrected chi connectivity index (χ1v) is 4.43. The summed E-state index contributed by atoms with van der Waals surface area (Å²) in [6.07, 6.45) is 0. The number of aryl methyl sites for hydroxylation is 1. The Balaban J connectivity index is 2.77. The highest BCUT2D eigenvalue weighted by molar-refractivity contribution is 5.98. The highest BCUT2D eigenvalue weighted by atomic mass is 16.3.